The van der Waals surface area contributed by atoms with E-state index in [1.807, 2.05) is 31.3 Å². The van der Waals surface area contributed by atoms with Crippen LogP contribution in [0.15, 0.2) is 54.8 Å². The van der Waals surface area contributed by atoms with Crippen molar-refractivity contribution in [2.24, 2.45) is 0 Å². The van der Waals surface area contributed by atoms with Gasteiger partial charge in [0.2, 0.25) is 0 Å². The number of likely N-dealkylation sites (N-methyl/N-ethyl adjacent to an activating group) is 1. The molecule has 0 bridgehead atoms. The largest absolute Gasteiger partial charge is 0.491 e. The Bertz CT molecular complexity index is 840. The van der Waals surface area contributed by atoms with E-state index in [0.29, 0.717) is 10.0 Å². The van der Waals surface area contributed by atoms with Gasteiger partial charge in [0.05, 0.1) is 22.3 Å². The first-order chi connectivity index (χ1) is 14.0. The fourth-order valence-corrected chi connectivity index (χ4v) is 3.78. The van der Waals surface area contributed by atoms with Crippen LogP contribution < -0.4 is 0 Å². The van der Waals surface area contributed by atoms with Gasteiger partial charge in [-0.25, -0.2) is 0 Å². The first-order valence-corrected chi connectivity index (χ1v) is 10.6. The summed E-state index contributed by atoms with van der Waals surface area (Å²) in [5.41, 5.74) is 2.00. The zero-order valence-corrected chi connectivity index (χ0v) is 19.3. The normalized spacial score (nSPS) is 15.0. The summed E-state index contributed by atoms with van der Waals surface area (Å²) in [7, 11) is 1.85. The Morgan fingerprint density at radius 1 is 1.13 bits per heavy atom. The van der Waals surface area contributed by atoms with E-state index in [2.05, 4.69) is 17.0 Å². The number of likely N-dealkylation sites (tertiary alicyclic amines) is 1. The summed E-state index contributed by atoms with van der Waals surface area (Å²) in [5.74, 6) is -0.0585. The van der Waals surface area contributed by atoms with E-state index in [4.69, 9.17) is 27.9 Å². The second kappa shape index (κ2) is 12.2. The molecule has 0 aromatic heterocycles. The van der Waals surface area contributed by atoms with Crippen LogP contribution in [-0.4, -0.2) is 49.0 Å². The Morgan fingerprint density at radius 3 is 2.50 bits per heavy atom. The number of rotatable bonds is 8. The predicted molar refractivity (Wildman–Crippen MR) is 126 cm³/mol. The van der Waals surface area contributed by atoms with Gasteiger partial charge in [-0.3, -0.25) is 4.79 Å². The zero-order chi connectivity index (χ0) is 20.6. The smallest absolute Gasteiger partial charge is 0.260 e. The van der Waals surface area contributed by atoms with Gasteiger partial charge in [-0.05, 0) is 55.3 Å². The van der Waals surface area contributed by atoms with E-state index in [-0.39, 0.29) is 31.0 Å². The van der Waals surface area contributed by atoms with Crippen LogP contribution in [-0.2, 0) is 9.53 Å². The van der Waals surface area contributed by atoms with Crippen molar-refractivity contribution in [2.45, 2.75) is 18.9 Å². The maximum absolute atomic E-state index is 12.8. The lowest BCUT2D eigenvalue weighted by Gasteiger charge is -2.32. The summed E-state index contributed by atoms with van der Waals surface area (Å²) in [6.07, 6.45) is 5.72. The molecule has 30 heavy (non-hydrogen) atoms. The highest BCUT2D eigenvalue weighted by Crippen LogP contribution is 2.24. The molecule has 1 aliphatic rings. The molecular formula is C23H27Cl3N2O2. The fraction of sp³-hybridized carbons (Fsp3) is 0.348. The Hall–Kier alpha value is -1.72. The van der Waals surface area contributed by atoms with Gasteiger partial charge in [-0.2, -0.15) is 0 Å². The van der Waals surface area contributed by atoms with E-state index in [1.165, 1.54) is 19.1 Å². The molecule has 2 aromatic rings. The number of halogens is 3. The fourth-order valence-electron chi connectivity index (χ4n) is 3.47. The van der Waals surface area contributed by atoms with Crippen molar-refractivity contribution in [3.8, 4) is 0 Å². The van der Waals surface area contributed by atoms with Gasteiger partial charge in [-0.1, -0.05) is 59.6 Å². The van der Waals surface area contributed by atoms with Crippen molar-refractivity contribution in [2.75, 3.05) is 33.3 Å². The lowest BCUT2D eigenvalue weighted by Crippen LogP contribution is -2.39. The monoisotopic (exact) mass is 468 g/mol. The zero-order valence-electron chi connectivity index (χ0n) is 17.0. The Morgan fingerprint density at radius 2 is 1.83 bits per heavy atom. The highest BCUT2D eigenvalue weighted by Gasteiger charge is 2.25. The van der Waals surface area contributed by atoms with Crippen molar-refractivity contribution in [3.63, 3.8) is 0 Å². The van der Waals surface area contributed by atoms with E-state index in [9.17, 15) is 4.79 Å². The molecule has 2 aromatic carbocycles. The number of hydrogen-bond acceptors (Lipinski definition) is 3. The van der Waals surface area contributed by atoms with Crippen LogP contribution in [0.2, 0.25) is 10.0 Å². The van der Waals surface area contributed by atoms with Gasteiger partial charge in [0.15, 0.2) is 6.61 Å². The van der Waals surface area contributed by atoms with Crippen LogP contribution in [0.5, 0.6) is 0 Å². The first-order valence-electron chi connectivity index (χ1n) is 9.81. The summed E-state index contributed by atoms with van der Waals surface area (Å²) in [5, 5.41) is 0.990. The summed E-state index contributed by atoms with van der Waals surface area (Å²) < 4.78 is 5.49. The van der Waals surface area contributed by atoms with Gasteiger partial charge in [0.1, 0.15) is 0 Å². The maximum Gasteiger partial charge on any atom is 0.260 e. The SMILES string of the molecule is CN(C(=O)CO/C=C/c1ccc(Cl)c(Cl)c1)C(CN1CCCC1)c1ccccc1.Cl. The van der Waals surface area contributed by atoms with E-state index < -0.39 is 0 Å². The molecular weight excluding hydrogens is 443 g/mol. The number of nitrogens with zero attached hydrogens (tertiary/aromatic N) is 2. The van der Waals surface area contributed by atoms with Crippen LogP contribution >= 0.6 is 35.6 Å². The lowest BCUT2D eigenvalue weighted by molar-refractivity contribution is -0.135. The molecule has 0 aliphatic carbocycles. The quantitative estimate of drug-likeness (QED) is 0.465. The Balaban J connectivity index is 0.00000320. The third-order valence-electron chi connectivity index (χ3n) is 5.18. The molecule has 7 heteroatoms. The Labute approximate surface area is 194 Å². The summed E-state index contributed by atoms with van der Waals surface area (Å²) in [6, 6.07) is 15.5. The minimum absolute atomic E-state index is 0. The molecule has 1 amide bonds. The number of benzene rings is 2. The summed E-state index contributed by atoms with van der Waals surface area (Å²) >= 11 is 11.9. The van der Waals surface area contributed by atoms with Crippen LogP contribution in [0.3, 0.4) is 0 Å². The van der Waals surface area contributed by atoms with E-state index in [0.717, 1.165) is 30.8 Å². The number of amides is 1. The molecule has 162 valence electrons. The molecule has 1 heterocycles. The van der Waals surface area contributed by atoms with Gasteiger partial charge in [0.25, 0.3) is 5.91 Å². The molecule has 1 atom stereocenters. The van der Waals surface area contributed by atoms with Crippen molar-refractivity contribution < 1.29 is 9.53 Å². The third-order valence-corrected chi connectivity index (χ3v) is 5.92. The van der Waals surface area contributed by atoms with Gasteiger partial charge in [0, 0.05) is 13.6 Å². The second-order valence-corrected chi connectivity index (χ2v) is 8.04. The first kappa shape index (κ1) is 24.5. The molecule has 4 nitrogen and oxygen atoms in total. The predicted octanol–water partition coefficient (Wildman–Crippen LogP) is 5.70. The number of carbonyl (C=O) groups excluding carboxylic acids is 1. The molecule has 1 fully saturated rings. The van der Waals surface area contributed by atoms with Crippen LogP contribution in [0.1, 0.15) is 30.0 Å². The van der Waals surface area contributed by atoms with Gasteiger partial charge >= 0.3 is 0 Å². The standard InChI is InChI=1S/C23H26Cl2N2O2.ClH/c1-26(22(16-27-12-5-6-13-27)19-7-3-2-4-8-19)23(28)17-29-14-11-18-9-10-20(24)21(25)15-18;/h2-4,7-11,14-15,22H,5-6,12-13,16-17H2,1H3;1H/b14-11+;. The van der Waals surface area contributed by atoms with Crippen molar-refractivity contribution >= 4 is 47.6 Å². The van der Waals surface area contributed by atoms with Crippen molar-refractivity contribution in [3.05, 3.63) is 76.0 Å². The summed E-state index contributed by atoms with van der Waals surface area (Å²) in [4.78, 5) is 17.0. The lowest BCUT2D eigenvalue weighted by atomic mass is 10.0. The molecule has 1 aliphatic heterocycles. The van der Waals surface area contributed by atoms with E-state index >= 15 is 0 Å². The highest BCUT2D eigenvalue weighted by molar-refractivity contribution is 6.42. The summed E-state index contributed by atoms with van der Waals surface area (Å²) in [6.45, 7) is 3.01. The number of ether oxygens (including phenoxy) is 1. The molecule has 0 radical (unpaired) electrons. The van der Waals surface area contributed by atoms with Crippen LogP contribution in [0.25, 0.3) is 6.08 Å². The average molecular weight is 470 g/mol. The van der Waals surface area contributed by atoms with Gasteiger partial charge in [-0.15, -0.1) is 12.4 Å². The number of carbonyl (C=O) groups is 1. The average Bonchev–Trinajstić information content (AvgIpc) is 3.25. The molecule has 0 N–H and O–H groups in total. The Kier molecular flexibility index (Phi) is 9.99. The van der Waals surface area contributed by atoms with Crippen LogP contribution in [0.4, 0.5) is 0 Å². The molecule has 1 saturated heterocycles. The molecule has 1 unspecified atom stereocenters. The van der Waals surface area contributed by atoms with Crippen LogP contribution in [0, 0.1) is 0 Å². The molecule has 3 rings (SSSR count). The minimum atomic E-state index is -0.0585. The van der Waals surface area contributed by atoms with E-state index in [1.54, 1.807) is 23.1 Å². The number of hydrogen-bond donors (Lipinski definition) is 0. The topological polar surface area (TPSA) is 32.8 Å². The highest BCUT2D eigenvalue weighted by atomic mass is 35.5. The molecule has 0 spiro atoms. The van der Waals surface area contributed by atoms with Crippen molar-refractivity contribution in [1.82, 2.24) is 9.80 Å². The third kappa shape index (κ3) is 6.92. The van der Waals surface area contributed by atoms with Gasteiger partial charge < -0.3 is 14.5 Å². The maximum atomic E-state index is 12.8. The molecule has 0 saturated carbocycles. The van der Waals surface area contributed by atoms with Crippen molar-refractivity contribution in [1.29, 1.82) is 0 Å². The second-order valence-electron chi connectivity index (χ2n) is 7.23. The minimum Gasteiger partial charge on any atom is -0.491 e.